The van der Waals surface area contributed by atoms with Crippen LogP contribution in [0.25, 0.3) is 0 Å². The highest BCUT2D eigenvalue weighted by molar-refractivity contribution is 5.75. The van der Waals surface area contributed by atoms with Gasteiger partial charge in [0.2, 0.25) is 0 Å². The molecule has 4 nitrogen and oxygen atoms in total. The lowest BCUT2D eigenvalue weighted by molar-refractivity contribution is -0.0823. The highest BCUT2D eigenvalue weighted by Gasteiger charge is 2.35. The first-order chi connectivity index (χ1) is 6.91. The predicted octanol–water partition coefficient (Wildman–Crippen LogP) is 1.10. The van der Waals surface area contributed by atoms with Crippen LogP contribution in [0.1, 0.15) is 33.6 Å². The molecule has 2 unspecified atom stereocenters. The van der Waals surface area contributed by atoms with E-state index in [1.165, 1.54) is 0 Å². The molecule has 88 valence electrons. The Hall–Kier alpha value is -0.770. The summed E-state index contributed by atoms with van der Waals surface area (Å²) in [5, 5.41) is 0. The average Bonchev–Trinajstić information content (AvgIpc) is 2.13. The molecule has 1 aliphatic rings. The van der Waals surface area contributed by atoms with E-state index in [2.05, 4.69) is 25.8 Å². The van der Waals surface area contributed by atoms with Crippen molar-refractivity contribution in [3.05, 3.63) is 0 Å². The first kappa shape index (κ1) is 12.3. The molecule has 0 aliphatic carbocycles. The minimum atomic E-state index is 0.157. The molecule has 15 heavy (non-hydrogen) atoms. The zero-order valence-electron chi connectivity index (χ0n) is 9.99. The summed E-state index contributed by atoms with van der Waals surface area (Å²) in [5.74, 6) is 0.620. The van der Waals surface area contributed by atoms with Gasteiger partial charge in [-0.15, -0.1) is 0 Å². The number of guanidine groups is 1. The number of ether oxygens (including phenoxy) is 1. The van der Waals surface area contributed by atoms with Crippen molar-refractivity contribution in [1.29, 1.82) is 0 Å². The first-order valence-corrected chi connectivity index (χ1v) is 5.58. The molecule has 0 spiro atoms. The van der Waals surface area contributed by atoms with E-state index in [-0.39, 0.29) is 17.5 Å². The van der Waals surface area contributed by atoms with Gasteiger partial charge in [-0.25, -0.2) is 0 Å². The van der Waals surface area contributed by atoms with E-state index in [1.807, 2.05) is 0 Å². The first-order valence-electron chi connectivity index (χ1n) is 5.58. The topological polar surface area (TPSA) is 73.6 Å². The summed E-state index contributed by atoms with van der Waals surface area (Å²) in [6.07, 6.45) is 2.52. The minimum absolute atomic E-state index is 0.157. The fourth-order valence-electron chi connectivity index (χ4n) is 2.21. The van der Waals surface area contributed by atoms with Crippen molar-refractivity contribution in [2.24, 2.45) is 27.8 Å². The van der Waals surface area contributed by atoms with E-state index in [1.54, 1.807) is 0 Å². The van der Waals surface area contributed by atoms with Gasteiger partial charge in [0.15, 0.2) is 5.96 Å². The van der Waals surface area contributed by atoms with Gasteiger partial charge in [0.25, 0.3) is 0 Å². The molecular formula is C11H23N3O. The molecule has 1 rings (SSSR count). The van der Waals surface area contributed by atoms with Gasteiger partial charge < -0.3 is 16.2 Å². The fraction of sp³-hybridized carbons (Fsp3) is 0.909. The van der Waals surface area contributed by atoms with Gasteiger partial charge >= 0.3 is 0 Å². The Morgan fingerprint density at radius 1 is 1.40 bits per heavy atom. The maximum atomic E-state index is 5.84. The van der Waals surface area contributed by atoms with Gasteiger partial charge in [0.05, 0.1) is 6.10 Å². The second-order valence-corrected chi connectivity index (χ2v) is 5.33. The van der Waals surface area contributed by atoms with Crippen molar-refractivity contribution in [3.8, 4) is 0 Å². The number of rotatable bonds is 2. The zero-order valence-corrected chi connectivity index (χ0v) is 9.99. The van der Waals surface area contributed by atoms with Crippen molar-refractivity contribution in [2.45, 2.75) is 39.7 Å². The largest absolute Gasteiger partial charge is 0.377 e. The molecule has 1 aliphatic heterocycles. The van der Waals surface area contributed by atoms with Gasteiger partial charge in [0.1, 0.15) is 0 Å². The molecule has 0 saturated carbocycles. The van der Waals surface area contributed by atoms with Crippen molar-refractivity contribution < 1.29 is 4.74 Å². The molecule has 0 aromatic carbocycles. The van der Waals surface area contributed by atoms with E-state index < -0.39 is 0 Å². The van der Waals surface area contributed by atoms with Gasteiger partial charge in [-0.3, -0.25) is 4.99 Å². The van der Waals surface area contributed by atoms with Crippen molar-refractivity contribution in [2.75, 3.05) is 13.2 Å². The van der Waals surface area contributed by atoms with Crippen LogP contribution in [0.5, 0.6) is 0 Å². The van der Waals surface area contributed by atoms with Crippen LogP contribution in [0.2, 0.25) is 0 Å². The van der Waals surface area contributed by atoms with Crippen LogP contribution in [-0.4, -0.2) is 25.2 Å². The lowest BCUT2D eigenvalue weighted by Crippen LogP contribution is -2.41. The summed E-state index contributed by atoms with van der Waals surface area (Å²) in [7, 11) is 0. The molecule has 0 aromatic rings. The summed E-state index contributed by atoms with van der Waals surface area (Å²) in [5.41, 5.74) is 10.9. The summed E-state index contributed by atoms with van der Waals surface area (Å²) in [6, 6.07) is 0. The van der Waals surface area contributed by atoms with E-state index in [4.69, 9.17) is 16.2 Å². The minimum Gasteiger partial charge on any atom is -0.377 e. The Kier molecular flexibility index (Phi) is 3.97. The summed E-state index contributed by atoms with van der Waals surface area (Å²) < 4.78 is 5.84. The molecule has 4 heteroatoms. The SMILES string of the molecule is CC(C)(C)C1OCCCC1CN=C(N)N. The van der Waals surface area contributed by atoms with E-state index in [0.29, 0.717) is 12.5 Å². The van der Waals surface area contributed by atoms with Crippen LogP contribution in [-0.2, 0) is 4.74 Å². The Bertz CT molecular complexity index is 228. The zero-order chi connectivity index (χ0) is 11.5. The van der Waals surface area contributed by atoms with Gasteiger partial charge in [-0.1, -0.05) is 20.8 Å². The molecule has 1 heterocycles. The van der Waals surface area contributed by atoms with Crippen LogP contribution < -0.4 is 11.5 Å². The van der Waals surface area contributed by atoms with Crippen LogP contribution >= 0.6 is 0 Å². The van der Waals surface area contributed by atoms with Crippen LogP contribution in [0.3, 0.4) is 0 Å². The Morgan fingerprint density at radius 2 is 2.07 bits per heavy atom. The third-order valence-corrected chi connectivity index (χ3v) is 2.81. The van der Waals surface area contributed by atoms with E-state index >= 15 is 0 Å². The predicted molar refractivity (Wildman–Crippen MR) is 62.6 cm³/mol. The number of hydrogen-bond acceptors (Lipinski definition) is 2. The summed E-state index contributed by atoms with van der Waals surface area (Å²) >= 11 is 0. The maximum absolute atomic E-state index is 5.84. The maximum Gasteiger partial charge on any atom is 0.185 e. The Morgan fingerprint density at radius 3 is 2.60 bits per heavy atom. The number of nitrogens with zero attached hydrogens (tertiary/aromatic N) is 1. The monoisotopic (exact) mass is 213 g/mol. The average molecular weight is 213 g/mol. The van der Waals surface area contributed by atoms with Crippen molar-refractivity contribution in [3.63, 3.8) is 0 Å². The molecule has 0 bridgehead atoms. The number of aliphatic imine (C=N–C) groups is 1. The van der Waals surface area contributed by atoms with Crippen LogP contribution in [0.4, 0.5) is 0 Å². The molecule has 2 atom stereocenters. The lowest BCUT2D eigenvalue weighted by Gasteiger charge is -2.39. The van der Waals surface area contributed by atoms with Crippen LogP contribution in [0, 0.1) is 11.3 Å². The molecule has 0 aromatic heterocycles. The smallest absolute Gasteiger partial charge is 0.185 e. The second kappa shape index (κ2) is 4.84. The molecule has 0 amide bonds. The molecule has 4 N–H and O–H groups in total. The molecule has 1 fully saturated rings. The standard InChI is InChI=1S/C11H23N3O/c1-11(2,3)9-8(5-4-6-15-9)7-14-10(12)13/h8-9H,4-7H2,1-3H3,(H4,12,13,14). The van der Waals surface area contributed by atoms with Gasteiger partial charge in [-0.05, 0) is 18.3 Å². The molecule has 0 radical (unpaired) electrons. The third kappa shape index (κ3) is 3.70. The summed E-state index contributed by atoms with van der Waals surface area (Å²) in [6.45, 7) is 8.15. The normalized spacial score (nSPS) is 27.4. The highest BCUT2D eigenvalue weighted by atomic mass is 16.5. The third-order valence-electron chi connectivity index (χ3n) is 2.81. The Labute approximate surface area is 92.1 Å². The van der Waals surface area contributed by atoms with Crippen molar-refractivity contribution in [1.82, 2.24) is 0 Å². The quantitative estimate of drug-likeness (QED) is 0.533. The lowest BCUT2D eigenvalue weighted by atomic mass is 9.78. The summed E-state index contributed by atoms with van der Waals surface area (Å²) in [4.78, 5) is 4.10. The van der Waals surface area contributed by atoms with E-state index in [9.17, 15) is 0 Å². The molecule has 1 saturated heterocycles. The number of nitrogens with two attached hydrogens (primary N) is 2. The van der Waals surface area contributed by atoms with Crippen molar-refractivity contribution >= 4 is 5.96 Å². The highest BCUT2D eigenvalue weighted by Crippen LogP contribution is 2.34. The van der Waals surface area contributed by atoms with Crippen LogP contribution in [0.15, 0.2) is 4.99 Å². The second-order valence-electron chi connectivity index (χ2n) is 5.33. The number of hydrogen-bond donors (Lipinski definition) is 2. The van der Waals surface area contributed by atoms with Gasteiger partial charge in [0, 0.05) is 19.1 Å². The Balaban J connectivity index is 2.62. The fourth-order valence-corrected chi connectivity index (χ4v) is 2.21. The van der Waals surface area contributed by atoms with E-state index in [0.717, 1.165) is 19.4 Å². The van der Waals surface area contributed by atoms with Gasteiger partial charge in [-0.2, -0.15) is 0 Å². The molecular weight excluding hydrogens is 190 g/mol.